The van der Waals surface area contributed by atoms with Gasteiger partial charge in [0.05, 0.1) is 17.1 Å². The summed E-state index contributed by atoms with van der Waals surface area (Å²) in [5, 5.41) is 6.25. The highest BCUT2D eigenvalue weighted by molar-refractivity contribution is 5.97. The van der Waals surface area contributed by atoms with Gasteiger partial charge in [-0.2, -0.15) is 0 Å². The van der Waals surface area contributed by atoms with E-state index in [2.05, 4.69) is 17.6 Å². The monoisotopic (exact) mass is 261 g/mol. The highest BCUT2D eigenvalue weighted by Gasteiger charge is 2.36. The number of carbonyl (C=O) groups is 1. The number of hydrogen-bond acceptors (Lipinski definition) is 4. The summed E-state index contributed by atoms with van der Waals surface area (Å²) in [7, 11) is 0. The average Bonchev–Trinajstić information content (AvgIpc) is 3.09. The molecular weight excluding hydrogens is 242 g/mol. The molecule has 0 saturated heterocycles. The van der Waals surface area contributed by atoms with Crippen molar-refractivity contribution in [3.8, 4) is 5.75 Å². The molecule has 5 nitrogen and oxygen atoms in total. The zero-order chi connectivity index (χ0) is 13.4. The highest BCUT2D eigenvalue weighted by atomic mass is 16.5. The lowest BCUT2D eigenvalue weighted by Crippen LogP contribution is -2.25. The molecule has 102 valence electrons. The number of nitrogens with two attached hydrogens (primary N) is 1. The van der Waals surface area contributed by atoms with Crippen molar-refractivity contribution in [2.24, 2.45) is 5.92 Å². The fraction of sp³-hybridized carbons (Fsp3) is 0.500. The summed E-state index contributed by atoms with van der Waals surface area (Å²) in [6.45, 7) is 2.26. The summed E-state index contributed by atoms with van der Waals surface area (Å²) in [6.07, 6.45) is 3.67. The number of nitrogens with one attached hydrogen (secondary N) is 2. The Labute approximate surface area is 112 Å². The lowest BCUT2D eigenvalue weighted by Gasteiger charge is -2.20. The van der Waals surface area contributed by atoms with Crippen molar-refractivity contribution >= 4 is 23.0 Å². The van der Waals surface area contributed by atoms with Crippen LogP contribution in [0.25, 0.3) is 0 Å². The second kappa shape index (κ2) is 4.64. The zero-order valence-electron chi connectivity index (χ0n) is 11.0. The molecule has 2 aliphatic rings. The van der Waals surface area contributed by atoms with Crippen LogP contribution < -0.4 is 21.1 Å². The maximum Gasteiger partial charge on any atom is 0.262 e. The van der Waals surface area contributed by atoms with Crippen LogP contribution in [0.1, 0.15) is 26.2 Å². The van der Waals surface area contributed by atoms with E-state index in [-0.39, 0.29) is 12.5 Å². The van der Waals surface area contributed by atoms with Crippen LogP contribution in [0, 0.1) is 5.92 Å². The van der Waals surface area contributed by atoms with Crippen molar-refractivity contribution in [1.82, 2.24) is 0 Å². The maximum absolute atomic E-state index is 11.3. The van der Waals surface area contributed by atoms with Crippen LogP contribution in [-0.4, -0.2) is 18.6 Å². The molecule has 0 radical (unpaired) electrons. The van der Waals surface area contributed by atoms with Crippen molar-refractivity contribution in [2.75, 3.05) is 23.0 Å². The fourth-order valence-corrected chi connectivity index (χ4v) is 2.58. The number of amides is 1. The standard InChI is InChI=1S/C14H19N3O2/c1-2-3-8-4-10(8)16-11-6-12-13(5-9(11)15)19-7-14(18)17-12/h5-6,8,10,16H,2-4,7,15H2,1H3,(H,17,18). The van der Waals surface area contributed by atoms with Gasteiger partial charge >= 0.3 is 0 Å². The Morgan fingerprint density at radius 2 is 2.37 bits per heavy atom. The second-order valence-electron chi connectivity index (χ2n) is 5.31. The number of rotatable bonds is 4. The van der Waals surface area contributed by atoms with Gasteiger partial charge in [0, 0.05) is 12.1 Å². The van der Waals surface area contributed by atoms with Crippen molar-refractivity contribution in [3.63, 3.8) is 0 Å². The van der Waals surface area contributed by atoms with E-state index in [1.165, 1.54) is 19.3 Å². The van der Waals surface area contributed by atoms with Gasteiger partial charge in [0.25, 0.3) is 5.91 Å². The summed E-state index contributed by atoms with van der Waals surface area (Å²) >= 11 is 0. The Morgan fingerprint density at radius 3 is 3.16 bits per heavy atom. The molecule has 5 heteroatoms. The smallest absolute Gasteiger partial charge is 0.262 e. The molecule has 2 unspecified atom stereocenters. The lowest BCUT2D eigenvalue weighted by atomic mass is 10.2. The third-order valence-corrected chi connectivity index (χ3v) is 3.71. The number of carbonyl (C=O) groups excluding carboxylic acids is 1. The first-order valence-electron chi connectivity index (χ1n) is 6.80. The molecule has 1 aromatic carbocycles. The molecule has 0 aromatic heterocycles. The maximum atomic E-state index is 11.3. The molecule has 1 heterocycles. The molecule has 3 rings (SSSR count). The van der Waals surface area contributed by atoms with E-state index >= 15 is 0 Å². The lowest BCUT2D eigenvalue weighted by molar-refractivity contribution is -0.118. The van der Waals surface area contributed by atoms with Crippen LogP contribution >= 0.6 is 0 Å². The van der Waals surface area contributed by atoms with Gasteiger partial charge in [-0.05, 0) is 24.8 Å². The van der Waals surface area contributed by atoms with E-state index in [4.69, 9.17) is 10.5 Å². The molecule has 1 amide bonds. The van der Waals surface area contributed by atoms with Gasteiger partial charge in [0.2, 0.25) is 0 Å². The summed E-state index contributed by atoms with van der Waals surface area (Å²) in [5.41, 5.74) is 8.26. The van der Waals surface area contributed by atoms with Crippen molar-refractivity contribution < 1.29 is 9.53 Å². The van der Waals surface area contributed by atoms with Gasteiger partial charge in [-0.1, -0.05) is 13.3 Å². The molecule has 0 spiro atoms. The molecule has 4 N–H and O–H groups in total. The molecule has 19 heavy (non-hydrogen) atoms. The minimum atomic E-state index is -0.126. The van der Waals surface area contributed by atoms with Crippen molar-refractivity contribution in [2.45, 2.75) is 32.2 Å². The van der Waals surface area contributed by atoms with Gasteiger partial charge in [-0.3, -0.25) is 4.79 Å². The SMILES string of the molecule is CCCC1CC1Nc1cc2c(cc1N)OCC(=O)N2. The quantitative estimate of drug-likeness (QED) is 0.726. The van der Waals surface area contributed by atoms with Gasteiger partial charge in [-0.15, -0.1) is 0 Å². The van der Waals surface area contributed by atoms with E-state index in [9.17, 15) is 4.79 Å². The normalized spacial score (nSPS) is 24.2. The van der Waals surface area contributed by atoms with E-state index in [0.717, 1.165) is 11.6 Å². The Morgan fingerprint density at radius 1 is 1.53 bits per heavy atom. The third kappa shape index (κ3) is 2.45. The van der Waals surface area contributed by atoms with Crippen LogP contribution in [0.2, 0.25) is 0 Å². The van der Waals surface area contributed by atoms with E-state index in [0.29, 0.717) is 23.2 Å². The number of hydrogen-bond donors (Lipinski definition) is 3. The Hall–Kier alpha value is -1.91. The molecule has 1 saturated carbocycles. The number of benzene rings is 1. The Bertz CT molecular complexity index is 516. The molecule has 1 aliphatic carbocycles. The predicted octanol–water partition coefficient (Wildman–Crippen LogP) is 2.20. The molecule has 1 aromatic rings. The minimum Gasteiger partial charge on any atom is -0.482 e. The van der Waals surface area contributed by atoms with Gasteiger partial charge < -0.3 is 21.1 Å². The largest absolute Gasteiger partial charge is 0.482 e. The average molecular weight is 261 g/mol. The molecule has 1 fully saturated rings. The van der Waals surface area contributed by atoms with E-state index < -0.39 is 0 Å². The van der Waals surface area contributed by atoms with Crippen LogP contribution in [0.15, 0.2) is 12.1 Å². The zero-order valence-corrected chi connectivity index (χ0v) is 11.0. The summed E-state index contributed by atoms with van der Waals surface area (Å²) in [5.74, 6) is 1.27. The first kappa shape index (κ1) is 12.1. The highest BCUT2D eigenvalue weighted by Crippen LogP contribution is 2.41. The summed E-state index contributed by atoms with van der Waals surface area (Å²) in [4.78, 5) is 11.3. The second-order valence-corrected chi connectivity index (χ2v) is 5.31. The minimum absolute atomic E-state index is 0.0560. The van der Waals surface area contributed by atoms with Crippen molar-refractivity contribution in [3.05, 3.63) is 12.1 Å². The van der Waals surface area contributed by atoms with Gasteiger partial charge in [0.1, 0.15) is 5.75 Å². The fourth-order valence-electron chi connectivity index (χ4n) is 2.58. The molecular formula is C14H19N3O2. The summed E-state index contributed by atoms with van der Waals surface area (Å²) in [6, 6.07) is 4.15. The van der Waals surface area contributed by atoms with Gasteiger partial charge in [0.15, 0.2) is 6.61 Å². The number of fused-ring (bicyclic) bond motifs is 1. The van der Waals surface area contributed by atoms with Crippen LogP contribution in [0.3, 0.4) is 0 Å². The third-order valence-electron chi connectivity index (χ3n) is 3.71. The Balaban J connectivity index is 1.75. The van der Waals surface area contributed by atoms with Crippen LogP contribution in [0.4, 0.5) is 17.1 Å². The summed E-state index contributed by atoms with van der Waals surface area (Å²) < 4.78 is 5.33. The van der Waals surface area contributed by atoms with E-state index in [1.54, 1.807) is 6.07 Å². The first-order chi connectivity index (χ1) is 9.17. The number of ether oxygens (including phenoxy) is 1. The predicted molar refractivity (Wildman–Crippen MR) is 75.4 cm³/mol. The number of nitrogen functional groups attached to an aromatic ring is 1. The van der Waals surface area contributed by atoms with Crippen LogP contribution in [-0.2, 0) is 4.79 Å². The first-order valence-corrected chi connectivity index (χ1v) is 6.80. The molecule has 1 aliphatic heterocycles. The molecule has 2 atom stereocenters. The van der Waals surface area contributed by atoms with Crippen LogP contribution in [0.5, 0.6) is 5.75 Å². The number of anilines is 3. The van der Waals surface area contributed by atoms with E-state index in [1.807, 2.05) is 6.07 Å². The topological polar surface area (TPSA) is 76.4 Å². The van der Waals surface area contributed by atoms with Crippen molar-refractivity contribution in [1.29, 1.82) is 0 Å². The Kier molecular flexibility index (Phi) is 2.97. The van der Waals surface area contributed by atoms with Gasteiger partial charge in [-0.25, -0.2) is 0 Å². The molecule has 0 bridgehead atoms.